The number of nitrogens with zero attached hydrogens (tertiary/aromatic N) is 1. The zero-order valence-corrected chi connectivity index (χ0v) is 12.8. The number of carbonyl (C=O) groups excluding carboxylic acids is 3. The maximum atomic E-state index is 12.0. The van der Waals surface area contributed by atoms with Gasteiger partial charge in [-0.3, -0.25) is 19.4 Å². The van der Waals surface area contributed by atoms with E-state index in [0.717, 1.165) is 5.56 Å². The van der Waals surface area contributed by atoms with E-state index < -0.39 is 23.8 Å². The van der Waals surface area contributed by atoms with E-state index in [0.29, 0.717) is 5.56 Å². The van der Waals surface area contributed by atoms with Crippen LogP contribution in [0.4, 0.5) is 0 Å². The van der Waals surface area contributed by atoms with E-state index in [1.165, 1.54) is 24.5 Å². The Morgan fingerprint density at radius 1 is 1.08 bits per heavy atom. The minimum absolute atomic E-state index is 0.0868. The van der Waals surface area contributed by atoms with Gasteiger partial charge in [-0.2, -0.15) is 0 Å². The Balaban J connectivity index is 1.89. The first-order chi connectivity index (χ1) is 11.6. The van der Waals surface area contributed by atoms with Crippen LogP contribution in [0.2, 0.25) is 0 Å². The predicted molar refractivity (Wildman–Crippen MR) is 85.5 cm³/mol. The van der Waals surface area contributed by atoms with Gasteiger partial charge in [0.2, 0.25) is 5.91 Å². The number of rotatable bonds is 7. The van der Waals surface area contributed by atoms with Crippen molar-refractivity contribution in [2.75, 3.05) is 0 Å². The van der Waals surface area contributed by atoms with Gasteiger partial charge in [-0.25, -0.2) is 0 Å². The van der Waals surface area contributed by atoms with E-state index in [1.54, 1.807) is 0 Å². The summed E-state index contributed by atoms with van der Waals surface area (Å²) < 4.78 is 5.09. The molecule has 0 aliphatic rings. The third-order valence-electron chi connectivity index (χ3n) is 3.20. The Bertz CT molecular complexity index is 704. The zero-order chi connectivity index (χ0) is 17.4. The number of nitrogens with two attached hydrogens (primary N) is 1. The molecule has 0 aliphatic heterocycles. The lowest BCUT2D eigenvalue weighted by Gasteiger charge is -2.15. The molecule has 0 spiro atoms. The van der Waals surface area contributed by atoms with E-state index in [2.05, 4.69) is 10.3 Å². The Morgan fingerprint density at radius 3 is 2.38 bits per heavy atom. The van der Waals surface area contributed by atoms with E-state index >= 15 is 0 Å². The molecule has 0 saturated heterocycles. The summed E-state index contributed by atoms with van der Waals surface area (Å²) >= 11 is 0. The highest BCUT2D eigenvalue weighted by atomic mass is 16.5. The molecule has 24 heavy (non-hydrogen) atoms. The van der Waals surface area contributed by atoms with Crippen molar-refractivity contribution in [3.8, 4) is 0 Å². The van der Waals surface area contributed by atoms with E-state index in [9.17, 15) is 14.4 Å². The summed E-state index contributed by atoms with van der Waals surface area (Å²) in [5, 5.41) is 2.42. The van der Waals surface area contributed by atoms with Gasteiger partial charge in [-0.1, -0.05) is 30.3 Å². The second-order valence-electron chi connectivity index (χ2n) is 5.01. The summed E-state index contributed by atoms with van der Waals surface area (Å²) in [5.41, 5.74) is 6.38. The SMILES string of the molecule is NC(=O)[C@@H](CC(=O)OCc1ccccc1)NC(=O)c1ccncc1. The molecule has 2 rings (SSSR count). The fourth-order valence-corrected chi connectivity index (χ4v) is 1.93. The van der Waals surface area contributed by atoms with Gasteiger partial charge in [0.05, 0.1) is 6.42 Å². The average Bonchev–Trinajstić information content (AvgIpc) is 2.61. The molecule has 7 nitrogen and oxygen atoms in total. The molecule has 124 valence electrons. The summed E-state index contributed by atoms with van der Waals surface area (Å²) in [6.07, 6.45) is 2.56. The number of hydrogen-bond donors (Lipinski definition) is 2. The van der Waals surface area contributed by atoms with Crippen molar-refractivity contribution < 1.29 is 19.1 Å². The van der Waals surface area contributed by atoms with Gasteiger partial charge in [0.1, 0.15) is 12.6 Å². The fourth-order valence-electron chi connectivity index (χ4n) is 1.93. The number of pyridine rings is 1. The number of nitrogens with one attached hydrogen (secondary N) is 1. The van der Waals surface area contributed by atoms with Gasteiger partial charge >= 0.3 is 5.97 Å². The predicted octanol–water partition coefficient (Wildman–Crippen LogP) is 0.799. The lowest BCUT2D eigenvalue weighted by molar-refractivity contribution is -0.146. The lowest BCUT2D eigenvalue weighted by atomic mass is 10.1. The molecule has 1 aromatic heterocycles. The number of hydrogen-bond acceptors (Lipinski definition) is 5. The number of aromatic nitrogens is 1. The van der Waals surface area contributed by atoms with E-state index in [-0.39, 0.29) is 13.0 Å². The zero-order valence-electron chi connectivity index (χ0n) is 12.8. The maximum Gasteiger partial charge on any atom is 0.308 e. The number of carbonyl (C=O) groups is 3. The summed E-state index contributed by atoms with van der Waals surface area (Å²) in [5.74, 6) is -1.95. The molecule has 1 aromatic carbocycles. The quantitative estimate of drug-likeness (QED) is 0.731. The molecule has 3 N–H and O–H groups in total. The van der Waals surface area contributed by atoms with Crippen molar-refractivity contribution in [2.24, 2.45) is 5.73 Å². The van der Waals surface area contributed by atoms with Crippen molar-refractivity contribution >= 4 is 17.8 Å². The van der Waals surface area contributed by atoms with Gasteiger partial charge in [0, 0.05) is 18.0 Å². The molecule has 0 bridgehead atoms. The van der Waals surface area contributed by atoms with E-state index in [4.69, 9.17) is 10.5 Å². The summed E-state index contributed by atoms with van der Waals surface area (Å²) in [4.78, 5) is 39.1. The van der Waals surface area contributed by atoms with Crippen LogP contribution < -0.4 is 11.1 Å². The van der Waals surface area contributed by atoms with Crippen LogP contribution in [-0.2, 0) is 20.9 Å². The minimum atomic E-state index is -1.14. The van der Waals surface area contributed by atoms with Crippen LogP contribution in [0, 0.1) is 0 Å². The Labute approximate surface area is 138 Å². The van der Waals surface area contributed by atoms with Crippen LogP contribution in [0.1, 0.15) is 22.3 Å². The molecule has 0 saturated carbocycles. The molecular formula is C17H17N3O4. The molecule has 0 aliphatic carbocycles. The third kappa shape index (κ3) is 5.20. The summed E-state index contributed by atoms with van der Waals surface area (Å²) in [7, 11) is 0. The second kappa shape index (κ2) is 8.42. The van der Waals surface area contributed by atoms with Gasteiger partial charge in [-0.15, -0.1) is 0 Å². The fraction of sp³-hybridized carbons (Fsp3) is 0.176. The Kier molecular flexibility index (Phi) is 6.01. The van der Waals surface area contributed by atoms with Gasteiger partial charge in [-0.05, 0) is 17.7 Å². The number of ether oxygens (including phenoxy) is 1. The van der Waals surface area contributed by atoms with Crippen molar-refractivity contribution in [2.45, 2.75) is 19.1 Å². The van der Waals surface area contributed by atoms with Crippen molar-refractivity contribution in [3.63, 3.8) is 0 Å². The second-order valence-corrected chi connectivity index (χ2v) is 5.01. The molecule has 7 heteroatoms. The number of primary amides is 1. The van der Waals surface area contributed by atoms with Gasteiger partial charge in [0.25, 0.3) is 5.91 Å². The molecular weight excluding hydrogens is 310 g/mol. The van der Waals surface area contributed by atoms with Crippen LogP contribution in [0.5, 0.6) is 0 Å². The van der Waals surface area contributed by atoms with Crippen LogP contribution in [-0.4, -0.2) is 28.8 Å². The number of benzene rings is 1. The summed E-state index contributed by atoms with van der Waals surface area (Å²) in [6, 6.07) is 10.9. The van der Waals surface area contributed by atoms with E-state index in [1.807, 2.05) is 30.3 Å². The van der Waals surface area contributed by atoms with Crippen molar-refractivity contribution in [1.29, 1.82) is 0 Å². The highest BCUT2D eigenvalue weighted by Gasteiger charge is 2.23. The third-order valence-corrected chi connectivity index (χ3v) is 3.20. The molecule has 0 fully saturated rings. The van der Waals surface area contributed by atoms with Crippen LogP contribution in [0.3, 0.4) is 0 Å². The van der Waals surface area contributed by atoms with Crippen LogP contribution >= 0.6 is 0 Å². The average molecular weight is 327 g/mol. The lowest BCUT2D eigenvalue weighted by Crippen LogP contribution is -2.45. The molecule has 0 radical (unpaired) electrons. The molecule has 1 atom stereocenters. The molecule has 2 amide bonds. The monoisotopic (exact) mass is 327 g/mol. The van der Waals surface area contributed by atoms with Crippen LogP contribution in [0.25, 0.3) is 0 Å². The first-order valence-corrected chi connectivity index (χ1v) is 7.26. The first kappa shape index (κ1) is 17.1. The largest absolute Gasteiger partial charge is 0.461 e. The highest BCUT2D eigenvalue weighted by molar-refractivity contribution is 5.98. The van der Waals surface area contributed by atoms with Crippen LogP contribution in [0.15, 0.2) is 54.9 Å². The molecule has 1 heterocycles. The topological polar surface area (TPSA) is 111 Å². The smallest absolute Gasteiger partial charge is 0.308 e. The maximum absolute atomic E-state index is 12.0. The summed E-state index contributed by atoms with van der Waals surface area (Å²) in [6.45, 7) is 0.0868. The normalized spacial score (nSPS) is 11.3. The number of amides is 2. The van der Waals surface area contributed by atoms with Crippen molar-refractivity contribution in [3.05, 3.63) is 66.0 Å². The first-order valence-electron chi connectivity index (χ1n) is 7.26. The molecule has 2 aromatic rings. The van der Waals surface area contributed by atoms with Crippen molar-refractivity contribution in [1.82, 2.24) is 10.3 Å². The molecule has 0 unspecified atom stereocenters. The van der Waals surface area contributed by atoms with Gasteiger partial charge < -0.3 is 15.8 Å². The Hall–Kier alpha value is -3.22. The highest BCUT2D eigenvalue weighted by Crippen LogP contribution is 2.04. The number of esters is 1. The Morgan fingerprint density at radius 2 is 1.75 bits per heavy atom. The van der Waals surface area contributed by atoms with Gasteiger partial charge in [0.15, 0.2) is 0 Å². The standard InChI is InChI=1S/C17H17N3O4/c18-16(22)14(20-17(23)13-6-8-19-9-7-13)10-15(21)24-11-12-4-2-1-3-5-12/h1-9,14H,10-11H2,(H2,18,22)(H,20,23)/t14-/m1/s1. The minimum Gasteiger partial charge on any atom is -0.461 e.